The van der Waals surface area contributed by atoms with Gasteiger partial charge >= 0.3 is 0 Å². The Morgan fingerprint density at radius 1 is 1.29 bits per heavy atom. The third-order valence-corrected chi connectivity index (χ3v) is 3.51. The first-order chi connectivity index (χ1) is 10.2. The van der Waals surface area contributed by atoms with Crippen molar-refractivity contribution in [2.45, 2.75) is 33.5 Å². The average Bonchev–Trinajstić information content (AvgIpc) is 3.15. The third kappa shape index (κ3) is 4.61. The number of hydrogen-bond donors (Lipinski definition) is 2. The van der Waals surface area contributed by atoms with E-state index in [-0.39, 0.29) is 6.61 Å². The Morgan fingerprint density at radius 3 is 2.71 bits per heavy atom. The summed E-state index contributed by atoms with van der Waals surface area (Å²) in [5.41, 5.74) is 0.969. The van der Waals surface area contributed by atoms with Crippen LogP contribution < -0.4 is 5.32 Å². The summed E-state index contributed by atoms with van der Waals surface area (Å²) in [5, 5.41) is 16.6. The van der Waals surface area contributed by atoms with Crippen LogP contribution in [0.25, 0.3) is 0 Å². The van der Waals surface area contributed by atoms with E-state index < -0.39 is 0 Å². The molecule has 0 aliphatic rings. The second-order valence-electron chi connectivity index (χ2n) is 4.90. The van der Waals surface area contributed by atoms with Gasteiger partial charge in [-0.1, -0.05) is 13.8 Å². The SMILES string of the molecule is CCN(CC)CCn1cc(NCc2ccc(CO)o2)cn1. The zero-order chi connectivity index (χ0) is 15.1. The number of nitrogens with one attached hydrogen (secondary N) is 1. The number of anilines is 1. The normalized spacial score (nSPS) is 11.2. The van der Waals surface area contributed by atoms with Crippen LogP contribution in [-0.2, 0) is 19.7 Å². The molecule has 0 fully saturated rings. The molecular formula is C15H24N4O2. The summed E-state index contributed by atoms with van der Waals surface area (Å²) in [6, 6.07) is 3.65. The molecule has 0 radical (unpaired) electrons. The van der Waals surface area contributed by atoms with Crippen LogP contribution in [0.15, 0.2) is 28.9 Å². The monoisotopic (exact) mass is 292 g/mol. The molecule has 0 saturated heterocycles. The second-order valence-corrected chi connectivity index (χ2v) is 4.90. The van der Waals surface area contributed by atoms with E-state index in [1.807, 2.05) is 23.1 Å². The number of aliphatic hydroxyl groups is 1. The fourth-order valence-corrected chi connectivity index (χ4v) is 2.15. The highest BCUT2D eigenvalue weighted by Crippen LogP contribution is 2.11. The molecule has 6 heteroatoms. The third-order valence-electron chi connectivity index (χ3n) is 3.51. The summed E-state index contributed by atoms with van der Waals surface area (Å²) in [5.74, 6) is 1.39. The number of likely N-dealkylation sites (N-methyl/N-ethyl adjacent to an activating group) is 1. The quantitative estimate of drug-likeness (QED) is 0.739. The lowest BCUT2D eigenvalue weighted by Crippen LogP contribution is -2.27. The van der Waals surface area contributed by atoms with Crippen LogP contribution >= 0.6 is 0 Å². The second kappa shape index (κ2) is 7.85. The Balaban J connectivity index is 1.79. The minimum Gasteiger partial charge on any atom is -0.462 e. The van der Waals surface area contributed by atoms with E-state index in [2.05, 4.69) is 29.2 Å². The number of nitrogens with zero attached hydrogens (tertiary/aromatic N) is 3. The van der Waals surface area contributed by atoms with Crippen LogP contribution in [0.2, 0.25) is 0 Å². The maximum absolute atomic E-state index is 8.95. The fraction of sp³-hybridized carbons (Fsp3) is 0.533. The Bertz CT molecular complexity index is 531. The molecule has 0 spiro atoms. The first-order valence-corrected chi connectivity index (χ1v) is 7.42. The number of aromatic nitrogens is 2. The van der Waals surface area contributed by atoms with Crippen molar-refractivity contribution in [2.24, 2.45) is 0 Å². The molecule has 0 saturated carbocycles. The number of rotatable bonds is 9. The molecule has 0 unspecified atom stereocenters. The molecule has 2 rings (SSSR count). The van der Waals surface area contributed by atoms with Gasteiger partial charge in [0, 0.05) is 12.7 Å². The van der Waals surface area contributed by atoms with Gasteiger partial charge in [-0.25, -0.2) is 0 Å². The Kier molecular flexibility index (Phi) is 5.83. The van der Waals surface area contributed by atoms with E-state index >= 15 is 0 Å². The number of aliphatic hydroxyl groups excluding tert-OH is 1. The van der Waals surface area contributed by atoms with Crippen LogP contribution in [-0.4, -0.2) is 39.4 Å². The molecule has 2 aromatic rings. The predicted molar refractivity (Wildman–Crippen MR) is 82.0 cm³/mol. The van der Waals surface area contributed by atoms with E-state index in [0.717, 1.165) is 37.6 Å². The standard InChI is InChI=1S/C15H24N4O2/c1-3-18(4-2)7-8-19-11-13(9-17-19)16-10-14-5-6-15(12-20)21-14/h5-6,9,11,16,20H,3-4,7-8,10,12H2,1-2H3. The topological polar surface area (TPSA) is 66.5 Å². The Hall–Kier alpha value is -1.79. The van der Waals surface area contributed by atoms with Gasteiger partial charge in [-0.3, -0.25) is 4.68 Å². The van der Waals surface area contributed by atoms with Gasteiger partial charge in [-0.15, -0.1) is 0 Å². The molecule has 0 atom stereocenters. The fourth-order valence-electron chi connectivity index (χ4n) is 2.15. The molecule has 0 aliphatic carbocycles. The molecule has 2 heterocycles. The number of furan rings is 1. The van der Waals surface area contributed by atoms with E-state index in [9.17, 15) is 0 Å². The molecule has 6 nitrogen and oxygen atoms in total. The van der Waals surface area contributed by atoms with Crippen molar-refractivity contribution >= 4 is 5.69 Å². The molecule has 2 N–H and O–H groups in total. The zero-order valence-corrected chi connectivity index (χ0v) is 12.7. The van der Waals surface area contributed by atoms with Crippen molar-refractivity contribution in [1.82, 2.24) is 14.7 Å². The average molecular weight is 292 g/mol. The van der Waals surface area contributed by atoms with Crippen LogP contribution in [0.5, 0.6) is 0 Å². The van der Waals surface area contributed by atoms with Gasteiger partial charge in [-0.2, -0.15) is 5.10 Å². The summed E-state index contributed by atoms with van der Waals surface area (Å²) < 4.78 is 7.37. The minimum atomic E-state index is -0.0662. The molecule has 0 bridgehead atoms. The van der Waals surface area contributed by atoms with Gasteiger partial charge in [0.05, 0.1) is 25.0 Å². The van der Waals surface area contributed by atoms with Crippen molar-refractivity contribution in [3.63, 3.8) is 0 Å². The minimum absolute atomic E-state index is 0.0662. The maximum atomic E-state index is 8.95. The zero-order valence-electron chi connectivity index (χ0n) is 12.7. The van der Waals surface area contributed by atoms with Crippen molar-refractivity contribution in [1.29, 1.82) is 0 Å². The van der Waals surface area contributed by atoms with E-state index in [1.165, 1.54) is 0 Å². The van der Waals surface area contributed by atoms with E-state index in [0.29, 0.717) is 12.3 Å². The number of hydrogen-bond acceptors (Lipinski definition) is 5. The Morgan fingerprint density at radius 2 is 2.05 bits per heavy atom. The van der Waals surface area contributed by atoms with Gasteiger partial charge in [0.15, 0.2) is 0 Å². The lowest BCUT2D eigenvalue weighted by atomic mass is 10.4. The maximum Gasteiger partial charge on any atom is 0.129 e. The lowest BCUT2D eigenvalue weighted by Gasteiger charge is -2.17. The summed E-state index contributed by atoms with van der Waals surface area (Å²) in [6.45, 7) is 8.88. The molecule has 0 aromatic carbocycles. The van der Waals surface area contributed by atoms with E-state index in [1.54, 1.807) is 6.07 Å². The van der Waals surface area contributed by atoms with Gasteiger partial charge in [0.25, 0.3) is 0 Å². The first-order valence-electron chi connectivity index (χ1n) is 7.42. The first kappa shape index (κ1) is 15.6. The highest BCUT2D eigenvalue weighted by Gasteiger charge is 2.04. The van der Waals surface area contributed by atoms with Gasteiger partial charge < -0.3 is 19.7 Å². The predicted octanol–water partition coefficient (Wildman–Crippen LogP) is 1.92. The van der Waals surface area contributed by atoms with Crippen molar-refractivity contribution in [3.05, 3.63) is 36.0 Å². The molecule has 0 amide bonds. The van der Waals surface area contributed by atoms with Crippen LogP contribution in [0, 0.1) is 0 Å². The van der Waals surface area contributed by atoms with Gasteiger partial charge in [-0.05, 0) is 25.2 Å². The molecular weight excluding hydrogens is 268 g/mol. The van der Waals surface area contributed by atoms with Crippen LogP contribution in [0.1, 0.15) is 25.4 Å². The smallest absolute Gasteiger partial charge is 0.129 e. The van der Waals surface area contributed by atoms with E-state index in [4.69, 9.17) is 9.52 Å². The Labute approximate surface area is 125 Å². The van der Waals surface area contributed by atoms with Gasteiger partial charge in [0.2, 0.25) is 0 Å². The summed E-state index contributed by atoms with van der Waals surface area (Å²) in [7, 11) is 0. The van der Waals surface area contributed by atoms with Gasteiger partial charge in [0.1, 0.15) is 18.1 Å². The van der Waals surface area contributed by atoms with Crippen molar-refractivity contribution in [2.75, 3.05) is 25.0 Å². The molecule has 0 aliphatic heterocycles. The van der Waals surface area contributed by atoms with Crippen molar-refractivity contribution < 1.29 is 9.52 Å². The molecule has 2 aromatic heterocycles. The van der Waals surface area contributed by atoms with Crippen molar-refractivity contribution in [3.8, 4) is 0 Å². The molecule has 116 valence electrons. The highest BCUT2D eigenvalue weighted by molar-refractivity contribution is 5.38. The molecule has 21 heavy (non-hydrogen) atoms. The highest BCUT2D eigenvalue weighted by atomic mass is 16.4. The largest absolute Gasteiger partial charge is 0.462 e. The lowest BCUT2D eigenvalue weighted by molar-refractivity contribution is 0.244. The van der Waals surface area contributed by atoms with Crippen LogP contribution in [0.3, 0.4) is 0 Å². The summed E-state index contributed by atoms with van der Waals surface area (Å²) in [4.78, 5) is 2.37. The summed E-state index contributed by atoms with van der Waals surface area (Å²) >= 11 is 0. The summed E-state index contributed by atoms with van der Waals surface area (Å²) in [6.07, 6.45) is 3.82. The van der Waals surface area contributed by atoms with Crippen LogP contribution in [0.4, 0.5) is 5.69 Å².